The van der Waals surface area contributed by atoms with Crippen LogP contribution in [0.25, 0.3) is 0 Å². The molecule has 6 nitrogen and oxygen atoms in total. The Morgan fingerprint density at radius 2 is 1.70 bits per heavy atom. The number of ether oxygens (including phenoxy) is 3. The van der Waals surface area contributed by atoms with Crippen LogP contribution in [0.4, 0.5) is 0 Å². The van der Waals surface area contributed by atoms with Crippen LogP contribution in [0.1, 0.15) is 24.0 Å². The molecule has 0 saturated carbocycles. The lowest BCUT2D eigenvalue weighted by atomic mass is 9.95. The largest absolute Gasteiger partial charge is 0.493 e. The number of carbonyl (C=O) groups is 1. The van der Waals surface area contributed by atoms with Crippen LogP contribution in [-0.4, -0.2) is 45.2 Å². The molecule has 1 saturated heterocycles. The molecule has 1 N–H and O–H groups in total. The number of benzene rings is 2. The van der Waals surface area contributed by atoms with Gasteiger partial charge in [0.05, 0.1) is 21.3 Å². The van der Waals surface area contributed by atoms with E-state index in [1.54, 1.807) is 21.3 Å². The second-order valence-electron chi connectivity index (χ2n) is 7.39. The number of hydrogen-bond donors (Lipinski definition) is 1. The highest BCUT2D eigenvalue weighted by Crippen LogP contribution is 2.38. The molecular weight excluding hydrogens is 404 g/mol. The predicted molar refractivity (Wildman–Crippen MR) is 117 cm³/mol. The van der Waals surface area contributed by atoms with E-state index >= 15 is 0 Å². The van der Waals surface area contributed by atoms with Gasteiger partial charge in [-0.25, -0.2) is 0 Å². The Morgan fingerprint density at radius 1 is 1.07 bits per heavy atom. The standard InChI is InChI=1S/C23H29ClN2O4/c1-28-20-12-16(13-21(29-2)22(20)30-3)15-26-10-8-17(9-11-26)23(27)25-14-18-6-4-5-7-19(18)24/h4-7,12-13,17H,8-11,14-15H2,1-3H3,(H,25,27). The van der Waals surface area contributed by atoms with Crippen LogP contribution in [0.3, 0.4) is 0 Å². The summed E-state index contributed by atoms with van der Waals surface area (Å²) >= 11 is 6.17. The molecule has 1 fully saturated rings. The average molecular weight is 433 g/mol. The normalized spacial score (nSPS) is 14.9. The number of carbonyl (C=O) groups excluding carboxylic acids is 1. The molecule has 0 spiro atoms. The number of rotatable bonds is 8. The van der Waals surface area contributed by atoms with Crippen LogP contribution >= 0.6 is 11.6 Å². The van der Waals surface area contributed by atoms with Crippen molar-refractivity contribution in [1.82, 2.24) is 10.2 Å². The minimum Gasteiger partial charge on any atom is -0.493 e. The van der Waals surface area contributed by atoms with E-state index < -0.39 is 0 Å². The summed E-state index contributed by atoms with van der Waals surface area (Å²) in [7, 11) is 4.84. The average Bonchev–Trinajstić information content (AvgIpc) is 2.78. The molecule has 1 aliphatic heterocycles. The van der Waals surface area contributed by atoms with Gasteiger partial charge >= 0.3 is 0 Å². The fourth-order valence-electron chi connectivity index (χ4n) is 3.81. The molecule has 1 amide bonds. The van der Waals surface area contributed by atoms with Gasteiger partial charge in [-0.05, 0) is 55.3 Å². The van der Waals surface area contributed by atoms with Crippen molar-refractivity contribution >= 4 is 17.5 Å². The van der Waals surface area contributed by atoms with Crippen LogP contribution in [0.2, 0.25) is 5.02 Å². The maximum atomic E-state index is 12.6. The van der Waals surface area contributed by atoms with E-state index in [0.29, 0.717) is 28.8 Å². The number of piperidine rings is 1. The van der Waals surface area contributed by atoms with Crippen LogP contribution < -0.4 is 19.5 Å². The lowest BCUT2D eigenvalue weighted by Crippen LogP contribution is -2.40. The SMILES string of the molecule is COc1cc(CN2CCC(C(=O)NCc3ccccc3Cl)CC2)cc(OC)c1OC. The van der Waals surface area contributed by atoms with Gasteiger partial charge in [0.2, 0.25) is 11.7 Å². The Kier molecular flexibility index (Phi) is 7.82. The fraction of sp³-hybridized carbons (Fsp3) is 0.435. The van der Waals surface area contributed by atoms with Crippen molar-refractivity contribution in [1.29, 1.82) is 0 Å². The number of amides is 1. The summed E-state index contributed by atoms with van der Waals surface area (Å²) in [5.41, 5.74) is 2.03. The van der Waals surface area contributed by atoms with Crippen LogP contribution in [-0.2, 0) is 17.9 Å². The van der Waals surface area contributed by atoms with Crippen molar-refractivity contribution in [3.8, 4) is 17.2 Å². The molecule has 0 atom stereocenters. The van der Waals surface area contributed by atoms with Crippen molar-refractivity contribution < 1.29 is 19.0 Å². The Balaban J connectivity index is 1.53. The highest BCUT2D eigenvalue weighted by atomic mass is 35.5. The highest BCUT2D eigenvalue weighted by Gasteiger charge is 2.25. The third kappa shape index (κ3) is 5.37. The molecule has 0 radical (unpaired) electrons. The quantitative estimate of drug-likeness (QED) is 0.685. The minimum absolute atomic E-state index is 0.0312. The molecular formula is C23H29ClN2O4. The predicted octanol–water partition coefficient (Wildman–Crippen LogP) is 3.89. The lowest BCUT2D eigenvalue weighted by Gasteiger charge is -2.31. The molecule has 0 aromatic heterocycles. The Hall–Kier alpha value is -2.44. The summed E-state index contributed by atoms with van der Waals surface area (Å²) < 4.78 is 16.3. The van der Waals surface area contributed by atoms with E-state index in [2.05, 4.69) is 10.2 Å². The number of likely N-dealkylation sites (tertiary alicyclic amines) is 1. The molecule has 0 bridgehead atoms. The highest BCUT2D eigenvalue weighted by molar-refractivity contribution is 6.31. The van der Waals surface area contributed by atoms with Gasteiger partial charge in [0, 0.05) is 24.0 Å². The maximum absolute atomic E-state index is 12.6. The van der Waals surface area contributed by atoms with Crippen LogP contribution in [0.15, 0.2) is 36.4 Å². The first-order chi connectivity index (χ1) is 14.5. The van der Waals surface area contributed by atoms with E-state index in [1.807, 2.05) is 36.4 Å². The van der Waals surface area contributed by atoms with Crippen LogP contribution in [0, 0.1) is 5.92 Å². The van der Waals surface area contributed by atoms with Gasteiger partial charge in [0.1, 0.15) is 0 Å². The van der Waals surface area contributed by atoms with E-state index in [0.717, 1.165) is 43.6 Å². The summed E-state index contributed by atoms with van der Waals surface area (Å²) in [6.07, 6.45) is 1.66. The monoisotopic (exact) mass is 432 g/mol. The number of hydrogen-bond acceptors (Lipinski definition) is 5. The Morgan fingerprint density at radius 3 is 2.27 bits per heavy atom. The second kappa shape index (κ2) is 10.5. The van der Waals surface area contributed by atoms with E-state index in [1.165, 1.54) is 0 Å². The summed E-state index contributed by atoms with van der Waals surface area (Å²) in [6, 6.07) is 11.5. The summed E-state index contributed by atoms with van der Waals surface area (Å²) in [4.78, 5) is 14.9. The lowest BCUT2D eigenvalue weighted by molar-refractivity contribution is -0.126. The van der Waals surface area contributed by atoms with Gasteiger partial charge in [0.15, 0.2) is 11.5 Å². The van der Waals surface area contributed by atoms with Gasteiger partial charge in [-0.3, -0.25) is 9.69 Å². The molecule has 7 heteroatoms. The Bertz CT molecular complexity index is 841. The zero-order chi connectivity index (χ0) is 21.5. The van der Waals surface area contributed by atoms with Crippen molar-refractivity contribution in [3.05, 3.63) is 52.5 Å². The summed E-state index contributed by atoms with van der Waals surface area (Å²) in [5.74, 6) is 2.03. The fourth-order valence-corrected chi connectivity index (χ4v) is 4.01. The van der Waals surface area contributed by atoms with Gasteiger partial charge < -0.3 is 19.5 Å². The van der Waals surface area contributed by atoms with Crippen molar-refractivity contribution in [2.24, 2.45) is 5.92 Å². The van der Waals surface area contributed by atoms with E-state index in [4.69, 9.17) is 25.8 Å². The van der Waals surface area contributed by atoms with E-state index in [-0.39, 0.29) is 11.8 Å². The van der Waals surface area contributed by atoms with Crippen molar-refractivity contribution in [2.75, 3.05) is 34.4 Å². The van der Waals surface area contributed by atoms with Gasteiger partial charge in [0.25, 0.3) is 0 Å². The molecule has 0 aliphatic carbocycles. The van der Waals surface area contributed by atoms with Crippen LogP contribution in [0.5, 0.6) is 17.2 Å². The summed E-state index contributed by atoms with van der Waals surface area (Å²) in [6.45, 7) is 2.95. The first-order valence-corrected chi connectivity index (χ1v) is 10.5. The number of nitrogens with one attached hydrogen (secondary N) is 1. The molecule has 162 valence electrons. The second-order valence-corrected chi connectivity index (χ2v) is 7.80. The zero-order valence-corrected chi connectivity index (χ0v) is 18.5. The molecule has 1 heterocycles. The molecule has 30 heavy (non-hydrogen) atoms. The van der Waals surface area contributed by atoms with Crippen molar-refractivity contribution in [2.45, 2.75) is 25.9 Å². The molecule has 3 rings (SSSR count). The van der Waals surface area contributed by atoms with Crippen molar-refractivity contribution in [3.63, 3.8) is 0 Å². The summed E-state index contributed by atoms with van der Waals surface area (Å²) in [5, 5.41) is 3.71. The van der Waals surface area contributed by atoms with E-state index in [9.17, 15) is 4.79 Å². The first-order valence-electron chi connectivity index (χ1n) is 10.1. The number of nitrogens with zero attached hydrogens (tertiary/aromatic N) is 1. The maximum Gasteiger partial charge on any atom is 0.223 e. The first kappa shape index (κ1) is 22.2. The van der Waals surface area contributed by atoms with Gasteiger partial charge in [-0.2, -0.15) is 0 Å². The third-order valence-corrected chi connectivity index (χ3v) is 5.87. The molecule has 0 unspecified atom stereocenters. The smallest absolute Gasteiger partial charge is 0.223 e. The van der Waals surface area contributed by atoms with Gasteiger partial charge in [-0.15, -0.1) is 0 Å². The zero-order valence-electron chi connectivity index (χ0n) is 17.7. The molecule has 1 aliphatic rings. The topological polar surface area (TPSA) is 60.0 Å². The molecule has 2 aromatic carbocycles. The third-order valence-electron chi connectivity index (χ3n) is 5.50. The minimum atomic E-state index is 0.0312. The molecule has 2 aromatic rings. The number of methoxy groups -OCH3 is 3. The Labute approximate surface area is 183 Å². The van der Waals surface area contributed by atoms with Gasteiger partial charge in [-0.1, -0.05) is 29.8 Å². The number of halogens is 1.